The van der Waals surface area contributed by atoms with Crippen LogP contribution in [0, 0.1) is 5.41 Å². The molecule has 6 heteroatoms. The van der Waals surface area contributed by atoms with E-state index in [2.05, 4.69) is 41.7 Å². The van der Waals surface area contributed by atoms with Crippen molar-refractivity contribution in [3.05, 3.63) is 0 Å². The summed E-state index contributed by atoms with van der Waals surface area (Å²) in [6.45, 7) is 13.7. The number of unbranched alkanes of at least 4 members (excludes halogenated alkanes) is 2. The second-order valence-corrected chi connectivity index (χ2v) is 7.70. The summed E-state index contributed by atoms with van der Waals surface area (Å²) < 4.78 is 0. The Balaban J connectivity index is 0. The first-order valence-electron chi connectivity index (χ1n) is 8.35. The maximum Gasteiger partial charge on any atom is 0.239 e. The molecule has 0 bridgehead atoms. The quantitative estimate of drug-likeness (QED) is 0.235. The van der Waals surface area contributed by atoms with E-state index in [1.807, 2.05) is 20.8 Å². The minimum absolute atomic E-state index is 0. The molecule has 23 heavy (non-hydrogen) atoms. The molecule has 0 radical (unpaired) electrons. The zero-order valence-corrected chi connectivity index (χ0v) is 18.3. The van der Waals surface area contributed by atoms with Crippen molar-refractivity contribution < 1.29 is 4.79 Å². The van der Waals surface area contributed by atoms with Crippen molar-refractivity contribution in [1.82, 2.24) is 16.0 Å². The Morgan fingerprint density at radius 2 is 1.65 bits per heavy atom. The molecule has 0 atom stereocenters. The number of rotatable bonds is 8. The van der Waals surface area contributed by atoms with E-state index in [4.69, 9.17) is 0 Å². The molecule has 0 aromatic heterocycles. The van der Waals surface area contributed by atoms with E-state index < -0.39 is 0 Å². The van der Waals surface area contributed by atoms with E-state index in [-0.39, 0.29) is 47.4 Å². The number of aliphatic imine (C=N–C) groups is 1. The van der Waals surface area contributed by atoms with Gasteiger partial charge in [-0.1, -0.05) is 40.0 Å². The molecule has 5 nitrogen and oxygen atoms in total. The summed E-state index contributed by atoms with van der Waals surface area (Å²) in [5, 5.41) is 9.29. The summed E-state index contributed by atoms with van der Waals surface area (Å²) in [5.41, 5.74) is 0.0113. The zero-order chi connectivity index (χ0) is 17.2. The largest absolute Gasteiger partial charge is 0.356 e. The number of carbonyl (C=O) groups excluding carboxylic acids is 1. The molecule has 0 unspecified atom stereocenters. The minimum Gasteiger partial charge on any atom is -0.356 e. The molecule has 0 heterocycles. The van der Waals surface area contributed by atoms with Gasteiger partial charge in [0.05, 0.1) is 6.54 Å². The predicted octanol–water partition coefficient (Wildman–Crippen LogP) is 3.29. The number of nitrogens with zero attached hydrogens (tertiary/aromatic N) is 1. The van der Waals surface area contributed by atoms with E-state index in [1.54, 1.807) is 7.05 Å². The lowest BCUT2D eigenvalue weighted by Gasteiger charge is -2.26. The molecule has 138 valence electrons. The van der Waals surface area contributed by atoms with Crippen LogP contribution in [0.3, 0.4) is 0 Å². The second kappa shape index (κ2) is 11.9. The fourth-order valence-corrected chi connectivity index (χ4v) is 2.11. The van der Waals surface area contributed by atoms with Gasteiger partial charge < -0.3 is 16.0 Å². The van der Waals surface area contributed by atoms with Gasteiger partial charge in [-0.2, -0.15) is 0 Å². The summed E-state index contributed by atoms with van der Waals surface area (Å²) in [6.07, 6.45) is 4.97. The number of nitrogens with one attached hydrogen (secondary N) is 3. The van der Waals surface area contributed by atoms with Crippen molar-refractivity contribution in [2.24, 2.45) is 10.4 Å². The van der Waals surface area contributed by atoms with E-state index >= 15 is 0 Å². The molecule has 0 spiro atoms. The third-order valence-corrected chi connectivity index (χ3v) is 3.35. The summed E-state index contributed by atoms with van der Waals surface area (Å²) in [5.74, 6) is 0.644. The minimum atomic E-state index is -0.211. The molecule has 0 aliphatic heterocycles. The molecule has 0 aromatic rings. The lowest BCUT2D eigenvalue weighted by atomic mass is 9.87. The van der Waals surface area contributed by atoms with Gasteiger partial charge in [-0.15, -0.1) is 24.0 Å². The fourth-order valence-electron chi connectivity index (χ4n) is 2.11. The maximum atomic E-state index is 11.8. The molecule has 0 saturated carbocycles. The smallest absolute Gasteiger partial charge is 0.239 e. The van der Waals surface area contributed by atoms with Crippen LogP contribution >= 0.6 is 24.0 Å². The van der Waals surface area contributed by atoms with Gasteiger partial charge in [0, 0.05) is 19.1 Å². The van der Waals surface area contributed by atoms with Crippen LogP contribution < -0.4 is 16.0 Å². The standard InChI is InChI=1S/C17H36N4O.HI/c1-8-9-10-11-17(5,6)13-20-15(18-7)19-12-14(22)21-16(2,3)4;/h8-13H2,1-7H3,(H,21,22)(H2,18,19,20);1H. The van der Waals surface area contributed by atoms with Crippen molar-refractivity contribution in [3.63, 3.8) is 0 Å². The van der Waals surface area contributed by atoms with Gasteiger partial charge >= 0.3 is 0 Å². The van der Waals surface area contributed by atoms with E-state index in [1.165, 1.54) is 25.7 Å². The molecule has 0 aliphatic carbocycles. The normalized spacial score (nSPS) is 12.4. The first-order valence-corrected chi connectivity index (χ1v) is 8.35. The molecular formula is C17H37IN4O. The van der Waals surface area contributed by atoms with Gasteiger partial charge in [0.1, 0.15) is 0 Å². The van der Waals surface area contributed by atoms with Gasteiger partial charge in [-0.3, -0.25) is 9.79 Å². The van der Waals surface area contributed by atoms with Crippen LogP contribution in [-0.2, 0) is 4.79 Å². The van der Waals surface area contributed by atoms with E-state index in [0.29, 0.717) is 5.96 Å². The molecule has 0 rings (SSSR count). The highest BCUT2D eigenvalue weighted by Gasteiger charge is 2.18. The number of guanidine groups is 1. The van der Waals surface area contributed by atoms with Crippen molar-refractivity contribution >= 4 is 35.8 Å². The van der Waals surface area contributed by atoms with Crippen LogP contribution in [0.5, 0.6) is 0 Å². The van der Waals surface area contributed by atoms with Crippen LogP contribution in [0.15, 0.2) is 4.99 Å². The Hall–Kier alpha value is -0.530. The number of amides is 1. The topological polar surface area (TPSA) is 65.5 Å². The first-order chi connectivity index (χ1) is 10.1. The average molecular weight is 440 g/mol. The number of hydrogen-bond acceptors (Lipinski definition) is 2. The van der Waals surface area contributed by atoms with Crippen LogP contribution in [0.25, 0.3) is 0 Å². The third-order valence-electron chi connectivity index (χ3n) is 3.35. The first kappa shape index (κ1) is 24.7. The maximum absolute atomic E-state index is 11.8. The number of halogens is 1. The van der Waals surface area contributed by atoms with Gasteiger partial charge in [0.2, 0.25) is 5.91 Å². The Bertz CT molecular complexity index is 362. The monoisotopic (exact) mass is 440 g/mol. The van der Waals surface area contributed by atoms with Crippen molar-refractivity contribution in [2.75, 3.05) is 20.1 Å². The highest BCUT2D eigenvalue weighted by atomic mass is 127. The summed E-state index contributed by atoms with van der Waals surface area (Å²) in [6, 6.07) is 0. The van der Waals surface area contributed by atoms with Gasteiger partial charge in [-0.05, 0) is 32.6 Å². The van der Waals surface area contributed by atoms with Crippen LogP contribution in [0.4, 0.5) is 0 Å². The van der Waals surface area contributed by atoms with Crippen molar-refractivity contribution in [1.29, 1.82) is 0 Å². The summed E-state index contributed by atoms with van der Waals surface area (Å²) in [7, 11) is 1.72. The van der Waals surface area contributed by atoms with E-state index in [9.17, 15) is 4.79 Å². The number of hydrogen-bond donors (Lipinski definition) is 3. The molecule has 0 aromatic carbocycles. The highest BCUT2D eigenvalue weighted by molar-refractivity contribution is 14.0. The van der Waals surface area contributed by atoms with Crippen LogP contribution in [0.1, 0.15) is 67.2 Å². The molecule has 0 aliphatic rings. The lowest BCUT2D eigenvalue weighted by Crippen LogP contribution is -2.49. The Morgan fingerprint density at radius 3 is 2.13 bits per heavy atom. The Labute approximate surface area is 159 Å². The molecular weight excluding hydrogens is 403 g/mol. The van der Waals surface area contributed by atoms with Gasteiger partial charge in [0.25, 0.3) is 0 Å². The zero-order valence-electron chi connectivity index (χ0n) is 16.0. The van der Waals surface area contributed by atoms with Crippen LogP contribution in [0.2, 0.25) is 0 Å². The second-order valence-electron chi connectivity index (χ2n) is 7.70. The lowest BCUT2D eigenvalue weighted by molar-refractivity contribution is -0.121. The van der Waals surface area contributed by atoms with Crippen LogP contribution in [-0.4, -0.2) is 37.5 Å². The van der Waals surface area contributed by atoms with Gasteiger partial charge in [0.15, 0.2) is 5.96 Å². The summed E-state index contributed by atoms with van der Waals surface area (Å²) >= 11 is 0. The fraction of sp³-hybridized carbons (Fsp3) is 0.882. The molecule has 0 saturated heterocycles. The predicted molar refractivity (Wildman–Crippen MR) is 111 cm³/mol. The molecule has 0 fully saturated rings. The average Bonchev–Trinajstić information content (AvgIpc) is 2.37. The third kappa shape index (κ3) is 14.8. The Kier molecular flexibility index (Phi) is 12.8. The van der Waals surface area contributed by atoms with Crippen molar-refractivity contribution in [3.8, 4) is 0 Å². The molecule has 1 amide bonds. The highest BCUT2D eigenvalue weighted by Crippen LogP contribution is 2.22. The molecule has 3 N–H and O–H groups in total. The Morgan fingerprint density at radius 1 is 1.04 bits per heavy atom. The SMILES string of the molecule is CCCCCC(C)(C)CNC(=NC)NCC(=O)NC(C)(C)C.I. The van der Waals surface area contributed by atoms with Gasteiger partial charge in [-0.25, -0.2) is 0 Å². The number of carbonyl (C=O) groups is 1. The van der Waals surface area contributed by atoms with E-state index in [0.717, 1.165) is 6.54 Å². The summed E-state index contributed by atoms with van der Waals surface area (Å²) in [4.78, 5) is 16.0. The van der Waals surface area contributed by atoms with Crippen molar-refractivity contribution in [2.45, 2.75) is 72.8 Å².